The zero-order chi connectivity index (χ0) is 15.5. The highest BCUT2D eigenvalue weighted by Crippen LogP contribution is 2.23. The van der Waals surface area contributed by atoms with Crippen LogP contribution < -0.4 is 5.73 Å². The van der Waals surface area contributed by atoms with Gasteiger partial charge in [-0.3, -0.25) is 4.79 Å². The molecule has 0 aromatic carbocycles. The number of anilines is 1. The van der Waals surface area contributed by atoms with Crippen molar-refractivity contribution in [3.05, 3.63) is 23.4 Å². The van der Waals surface area contributed by atoms with Crippen LogP contribution in [-0.4, -0.2) is 28.9 Å². The number of rotatable bonds is 4. The Balaban J connectivity index is 3.07. The molecule has 0 aliphatic rings. The van der Waals surface area contributed by atoms with Crippen LogP contribution in [-0.2, 0) is 5.41 Å². The standard InChI is InChI=1S/C16H27N3O/c1-7-8-11(2)19(6)15(20)12-9-13(16(3,4)5)18-14(17)10-12/h9-11H,7-8H2,1-6H3,(H2,17,18). The minimum absolute atomic E-state index is 0.00514. The van der Waals surface area contributed by atoms with Gasteiger partial charge < -0.3 is 10.6 Å². The lowest BCUT2D eigenvalue weighted by Gasteiger charge is -2.26. The van der Waals surface area contributed by atoms with E-state index in [4.69, 9.17) is 5.73 Å². The maximum absolute atomic E-state index is 12.5. The van der Waals surface area contributed by atoms with Crippen LogP contribution >= 0.6 is 0 Å². The third kappa shape index (κ3) is 3.95. The van der Waals surface area contributed by atoms with Gasteiger partial charge in [0.2, 0.25) is 0 Å². The zero-order valence-electron chi connectivity index (χ0n) is 13.5. The molecule has 1 aromatic heterocycles. The fraction of sp³-hybridized carbons (Fsp3) is 0.625. The van der Waals surface area contributed by atoms with Crippen LogP contribution in [0.25, 0.3) is 0 Å². The number of carbonyl (C=O) groups excluding carboxylic acids is 1. The van der Waals surface area contributed by atoms with E-state index >= 15 is 0 Å². The summed E-state index contributed by atoms with van der Waals surface area (Å²) in [6.45, 7) is 10.4. The number of nitrogens with zero attached hydrogens (tertiary/aromatic N) is 2. The monoisotopic (exact) mass is 277 g/mol. The summed E-state index contributed by atoms with van der Waals surface area (Å²) < 4.78 is 0. The molecule has 0 fully saturated rings. The molecule has 0 aliphatic heterocycles. The van der Waals surface area contributed by atoms with Gasteiger partial charge in [-0.05, 0) is 25.5 Å². The van der Waals surface area contributed by atoms with E-state index in [1.165, 1.54) is 0 Å². The van der Waals surface area contributed by atoms with E-state index < -0.39 is 0 Å². The summed E-state index contributed by atoms with van der Waals surface area (Å²) in [4.78, 5) is 18.7. The first-order valence-corrected chi connectivity index (χ1v) is 7.22. The number of nitrogen functional groups attached to an aromatic ring is 1. The molecule has 0 spiro atoms. The van der Waals surface area contributed by atoms with Gasteiger partial charge in [0.05, 0.1) is 0 Å². The Kier molecular flexibility index (Phi) is 5.15. The Labute approximate surface area is 122 Å². The molecular formula is C16H27N3O. The molecule has 20 heavy (non-hydrogen) atoms. The highest BCUT2D eigenvalue weighted by molar-refractivity contribution is 5.95. The van der Waals surface area contributed by atoms with Gasteiger partial charge in [0, 0.05) is 29.8 Å². The van der Waals surface area contributed by atoms with Crippen molar-refractivity contribution in [2.45, 2.75) is 58.9 Å². The Bertz CT molecular complexity index is 477. The Morgan fingerprint density at radius 2 is 2.00 bits per heavy atom. The molecule has 112 valence electrons. The molecule has 0 saturated heterocycles. The molecule has 0 saturated carbocycles. The second kappa shape index (κ2) is 6.25. The number of aromatic nitrogens is 1. The van der Waals surface area contributed by atoms with Crippen molar-refractivity contribution in [2.24, 2.45) is 0 Å². The second-order valence-electron chi connectivity index (χ2n) is 6.47. The molecule has 1 unspecified atom stereocenters. The van der Waals surface area contributed by atoms with Crippen molar-refractivity contribution < 1.29 is 4.79 Å². The number of nitrogens with two attached hydrogens (primary N) is 1. The topological polar surface area (TPSA) is 59.2 Å². The van der Waals surface area contributed by atoms with Crippen LogP contribution in [0, 0.1) is 0 Å². The smallest absolute Gasteiger partial charge is 0.254 e. The Morgan fingerprint density at radius 1 is 1.40 bits per heavy atom. The summed E-state index contributed by atoms with van der Waals surface area (Å²) in [7, 11) is 1.84. The maximum atomic E-state index is 12.5. The Hall–Kier alpha value is -1.58. The first-order chi connectivity index (χ1) is 9.16. The number of carbonyl (C=O) groups is 1. The van der Waals surface area contributed by atoms with E-state index in [9.17, 15) is 4.79 Å². The summed E-state index contributed by atoms with van der Waals surface area (Å²) in [5.41, 5.74) is 7.18. The fourth-order valence-corrected chi connectivity index (χ4v) is 2.07. The van der Waals surface area contributed by atoms with Crippen LogP contribution in [0.3, 0.4) is 0 Å². The van der Waals surface area contributed by atoms with Crippen molar-refractivity contribution in [1.82, 2.24) is 9.88 Å². The minimum atomic E-state index is -0.127. The van der Waals surface area contributed by atoms with Crippen molar-refractivity contribution >= 4 is 11.7 Å². The molecule has 0 bridgehead atoms. The highest BCUT2D eigenvalue weighted by Gasteiger charge is 2.22. The molecule has 1 aromatic rings. The van der Waals surface area contributed by atoms with Crippen LogP contribution in [0.4, 0.5) is 5.82 Å². The molecule has 2 N–H and O–H groups in total. The van der Waals surface area contributed by atoms with Gasteiger partial charge in [0.15, 0.2) is 0 Å². The van der Waals surface area contributed by atoms with Crippen LogP contribution in [0.15, 0.2) is 12.1 Å². The molecule has 4 nitrogen and oxygen atoms in total. The molecule has 4 heteroatoms. The quantitative estimate of drug-likeness (QED) is 0.919. The van der Waals surface area contributed by atoms with E-state index in [2.05, 4.69) is 39.6 Å². The van der Waals surface area contributed by atoms with Crippen molar-refractivity contribution in [3.8, 4) is 0 Å². The van der Waals surface area contributed by atoms with Crippen LogP contribution in [0.2, 0.25) is 0 Å². The van der Waals surface area contributed by atoms with E-state index in [0.29, 0.717) is 11.4 Å². The SMILES string of the molecule is CCCC(C)N(C)C(=O)c1cc(N)nc(C(C)(C)C)c1. The van der Waals surface area contributed by atoms with E-state index in [0.717, 1.165) is 18.5 Å². The average Bonchev–Trinajstić information content (AvgIpc) is 2.35. The van der Waals surface area contributed by atoms with Crippen molar-refractivity contribution in [3.63, 3.8) is 0 Å². The van der Waals surface area contributed by atoms with Gasteiger partial charge in [-0.1, -0.05) is 34.1 Å². The van der Waals surface area contributed by atoms with Crippen molar-refractivity contribution in [2.75, 3.05) is 12.8 Å². The number of hydrogen-bond donors (Lipinski definition) is 1. The summed E-state index contributed by atoms with van der Waals surface area (Å²) in [6, 6.07) is 3.74. The summed E-state index contributed by atoms with van der Waals surface area (Å²) in [6.07, 6.45) is 2.06. The van der Waals surface area contributed by atoms with Crippen molar-refractivity contribution in [1.29, 1.82) is 0 Å². The third-order valence-electron chi connectivity index (χ3n) is 3.55. The van der Waals surface area contributed by atoms with E-state index in [1.54, 1.807) is 11.0 Å². The normalized spacial score (nSPS) is 13.1. The molecular weight excluding hydrogens is 250 g/mol. The maximum Gasteiger partial charge on any atom is 0.254 e. The number of pyridine rings is 1. The summed E-state index contributed by atoms with van der Waals surface area (Å²) >= 11 is 0. The average molecular weight is 277 g/mol. The molecule has 1 amide bonds. The van der Waals surface area contributed by atoms with Gasteiger partial charge in [-0.2, -0.15) is 0 Å². The van der Waals surface area contributed by atoms with Gasteiger partial charge >= 0.3 is 0 Å². The first-order valence-electron chi connectivity index (χ1n) is 7.22. The number of hydrogen-bond acceptors (Lipinski definition) is 3. The second-order valence-corrected chi connectivity index (χ2v) is 6.47. The lowest BCUT2D eigenvalue weighted by molar-refractivity contribution is 0.0736. The van der Waals surface area contributed by atoms with Gasteiger partial charge in [-0.15, -0.1) is 0 Å². The predicted octanol–water partition coefficient (Wildman–Crippen LogP) is 3.22. The molecule has 1 rings (SSSR count). The minimum Gasteiger partial charge on any atom is -0.384 e. The zero-order valence-corrected chi connectivity index (χ0v) is 13.5. The lowest BCUT2D eigenvalue weighted by Crippen LogP contribution is -2.35. The van der Waals surface area contributed by atoms with E-state index in [-0.39, 0.29) is 17.4 Å². The van der Waals surface area contributed by atoms with Crippen LogP contribution in [0.5, 0.6) is 0 Å². The number of amides is 1. The van der Waals surface area contributed by atoms with Crippen LogP contribution in [0.1, 0.15) is 63.5 Å². The molecule has 1 heterocycles. The third-order valence-corrected chi connectivity index (χ3v) is 3.55. The fourth-order valence-electron chi connectivity index (χ4n) is 2.07. The lowest BCUT2D eigenvalue weighted by atomic mass is 9.90. The van der Waals surface area contributed by atoms with E-state index in [1.807, 2.05) is 13.1 Å². The first kappa shape index (κ1) is 16.5. The van der Waals surface area contributed by atoms with Gasteiger partial charge in [0.25, 0.3) is 5.91 Å². The summed E-state index contributed by atoms with van der Waals surface area (Å²) in [5, 5.41) is 0. The highest BCUT2D eigenvalue weighted by atomic mass is 16.2. The predicted molar refractivity (Wildman–Crippen MR) is 83.8 cm³/mol. The molecule has 0 radical (unpaired) electrons. The van der Waals surface area contributed by atoms with Gasteiger partial charge in [0.1, 0.15) is 5.82 Å². The molecule has 0 aliphatic carbocycles. The summed E-state index contributed by atoms with van der Waals surface area (Å²) in [5.74, 6) is 0.405. The largest absolute Gasteiger partial charge is 0.384 e. The Morgan fingerprint density at radius 3 is 2.50 bits per heavy atom. The molecule has 1 atom stereocenters. The van der Waals surface area contributed by atoms with Gasteiger partial charge in [-0.25, -0.2) is 4.98 Å².